The van der Waals surface area contributed by atoms with Gasteiger partial charge in [0.05, 0.1) is 24.9 Å². The summed E-state index contributed by atoms with van der Waals surface area (Å²) in [4.78, 5) is 17.1. The second kappa shape index (κ2) is 9.26. The Morgan fingerprint density at radius 3 is 2.67 bits per heavy atom. The number of nitrogens with zero attached hydrogens (tertiary/aromatic N) is 2. The number of hydrogen-bond donors (Lipinski definition) is 1. The molecule has 7 heteroatoms. The van der Waals surface area contributed by atoms with Crippen molar-refractivity contribution >= 4 is 11.6 Å². The lowest BCUT2D eigenvalue weighted by atomic mass is 10.1. The molecule has 2 aromatic rings. The number of ether oxygens (including phenoxy) is 3. The molecular weight excluding hydrogens is 382 g/mol. The molecule has 4 rings (SSSR count). The lowest BCUT2D eigenvalue weighted by molar-refractivity contribution is -0.123. The molecule has 0 bridgehead atoms. The number of benzene rings is 2. The summed E-state index contributed by atoms with van der Waals surface area (Å²) in [5, 5.41) is 3.09. The van der Waals surface area contributed by atoms with E-state index in [1.54, 1.807) is 0 Å². The molecule has 1 amide bonds. The van der Waals surface area contributed by atoms with Crippen LogP contribution in [0.25, 0.3) is 0 Å². The van der Waals surface area contributed by atoms with Crippen LogP contribution in [0.15, 0.2) is 42.5 Å². The van der Waals surface area contributed by atoms with E-state index in [2.05, 4.69) is 21.2 Å². The van der Waals surface area contributed by atoms with Crippen molar-refractivity contribution < 1.29 is 19.0 Å². The highest BCUT2D eigenvalue weighted by Crippen LogP contribution is 2.34. The van der Waals surface area contributed by atoms with Crippen molar-refractivity contribution in [2.75, 3.05) is 51.0 Å². The maximum Gasteiger partial charge on any atom is 0.234 e. The van der Waals surface area contributed by atoms with Gasteiger partial charge in [-0.15, -0.1) is 0 Å². The Bertz CT molecular complexity index is 881. The second-order valence-corrected chi connectivity index (χ2v) is 7.57. The topological polar surface area (TPSA) is 63.3 Å². The summed E-state index contributed by atoms with van der Waals surface area (Å²) in [7, 11) is 0. The average Bonchev–Trinajstić information content (AvgIpc) is 3.23. The molecule has 1 saturated heterocycles. The van der Waals surface area contributed by atoms with Crippen LogP contribution in [0.3, 0.4) is 0 Å². The minimum Gasteiger partial charge on any atom is -0.492 e. The fourth-order valence-corrected chi connectivity index (χ4v) is 3.90. The number of amides is 1. The summed E-state index contributed by atoms with van der Waals surface area (Å²) < 4.78 is 16.5. The van der Waals surface area contributed by atoms with Gasteiger partial charge >= 0.3 is 0 Å². The average molecular weight is 412 g/mol. The summed E-state index contributed by atoms with van der Waals surface area (Å²) in [5.74, 6) is 2.44. The third kappa shape index (κ3) is 4.62. The highest BCUT2D eigenvalue weighted by Gasteiger charge is 2.22. The van der Waals surface area contributed by atoms with Gasteiger partial charge in [0.15, 0.2) is 11.5 Å². The van der Waals surface area contributed by atoms with Gasteiger partial charge in [-0.25, -0.2) is 0 Å². The Balaban J connectivity index is 1.27. The van der Waals surface area contributed by atoms with Crippen LogP contribution >= 0.6 is 0 Å². The molecule has 2 aliphatic rings. The van der Waals surface area contributed by atoms with Crippen LogP contribution in [0.2, 0.25) is 0 Å². The number of rotatable bonds is 7. The van der Waals surface area contributed by atoms with Crippen LogP contribution in [-0.2, 0) is 4.79 Å². The maximum absolute atomic E-state index is 12.6. The minimum atomic E-state index is -0.0913. The zero-order valence-corrected chi connectivity index (χ0v) is 17.6. The van der Waals surface area contributed by atoms with Crippen molar-refractivity contribution in [2.45, 2.75) is 19.9 Å². The predicted octanol–water partition coefficient (Wildman–Crippen LogP) is 2.81. The lowest BCUT2D eigenvalue weighted by Crippen LogP contribution is -2.49. The fourth-order valence-electron chi connectivity index (χ4n) is 3.90. The van der Waals surface area contributed by atoms with Crippen molar-refractivity contribution in [3.05, 3.63) is 48.0 Å². The zero-order chi connectivity index (χ0) is 20.9. The molecule has 1 N–H and O–H groups in total. The summed E-state index contributed by atoms with van der Waals surface area (Å²) in [6.07, 6.45) is 0. The Morgan fingerprint density at radius 1 is 1.10 bits per heavy atom. The summed E-state index contributed by atoms with van der Waals surface area (Å²) in [6, 6.07) is 13.8. The van der Waals surface area contributed by atoms with Crippen LogP contribution in [-0.4, -0.2) is 56.9 Å². The molecule has 0 spiro atoms. The number of nitrogens with one attached hydrogen (secondary N) is 1. The van der Waals surface area contributed by atoms with E-state index in [-0.39, 0.29) is 18.7 Å². The highest BCUT2D eigenvalue weighted by atomic mass is 16.7. The van der Waals surface area contributed by atoms with Crippen molar-refractivity contribution in [1.29, 1.82) is 0 Å². The number of para-hydroxylation sites is 2. The lowest BCUT2D eigenvalue weighted by Gasteiger charge is -2.36. The quantitative estimate of drug-likeness (QED) is 0.756. The fraction of sp³-hybridized carbons (Fsp3) is 0.435. The molecule has 2 aromatic carbocycles. The molecule has 0 unspecified atom stereocenters. The monoisotopic (exact) mass is 411 g/mol. The van der Waals surface area contributed by atoms with E-state index >= 15 is 0 Å². The van der Waals surface area contributed by atoms with E-state index in [1.807, 2.05) is 50.2 Å². The third-order valence-electron chi connectivity index (χ3n) is 5.52. The van der Waals surface area contributed by atoms with Gasteiger partial charge in [-0.1, -0.05) is 18.2 Å². The smallest absolute Gasteiger partial charge is 0.234 e. The third-order valence-corrected chi connectivity index (χ3v) is 5.52. The molecule has 160 valence electrons. The Labute approximate surface area is 177 Å². The van der Waals surface area contributed by atoms with Crippen LogP contribution in [0.5, 0.6) is 17.2 Å². The van der Waals surface area contributed by atoms with E-state index in [4.69, 9.17) is 14.2 Å². The highest BCUT2D eigenvalue weighted by molar-refractivity contribution is 5.78. The molecule has 1 atom stereocenters. The first-order valence-corrected chi connectivity index (χ1v) is 10.5. The van der Waals surface area contributed by atoms with Gasteiger partial charge in [-0.2, -0.15) is 0 Å². The number of anilines is 1. The van der Waals surface area contributed by atoms with Gasteiger partial charge in [0.25, 0.3) is 0 Å². The van der Waals surface area contributed by atoms with Gasteiger partial charge < -0.3 is 24.4 Å². The number of carbonyl (C=O) groups is 1. The SMILES string of the molecule is CCOc1ccccc1N1CCN(CC(=O)N[C@H](C)c2ccc3c(c2)OCO3)CC1. The molecule has 7 nitrogen and oxygen atoms in total. The summed E-state index contributed by atoms with van der Waals surface area (Å²) >= 11 is 0. The first-order chi connectivity index (χ1) is 14.6. The Hall–Kier alpha value is -2.93. The van der Waals surface area contributed by atoms with Crippen molar-refractivity contribution in [3.8, 4) is 17.2 Å². The van der Waals surface area contributed by atoms with Crippen molar-refractivity contribution in [2.24, 2.45) is 0 Å². The minimum absolute atomic E-state index is 0.0309. The summed E-state index contributed by atoms with van der Waals surface area (Å²) in [6.45, 7) is 8.70. The first kappa shape index (κ1) is 20.3. The van der Waals surface area contributed by atoms with Gasteiger partial charge in [0.2, 0.25) is 12.7 Å². The molecule has 1 fully saturated rings. The van der Waals surface area contributed by atoms with E-state index in [9.17, 15) is 4.79 Å². The van der Waals surface area contributed by atoms with Crippen molar-refractivity contribution in [3.63, 3.8) is 0 Å². The molecule has 0 aliphatic carbocycles. The first-order valence-electron chi connectivity index (χ1n) is 10.5. The zero-order valence-electron chi connectivity index (χ0n) is 17.6. The molecular formula is C23H29N3O4. The molecule has 0 saturated carbocycles. The Kier molecular flexibility index (Phi) is 6.28. The number of piperazine rings is 1. The van der Waals surface area contributed by atoms with E-state index < -0.39 is 0 Å². The van der Waals surface area contributed by atoms with Gasteiger partial charge in [0.1, 0.15) is 5.75 Å². The molecule has 0 aromatic heterocycles. The molecule has 2 aliphatic heterocycles. The number of hydrogen-bond acceptors (Lipinski definition) is 6. The normalized spacial score (nSPS) is 16.9. The van der Waals surface area contributed by atoms with Crippen LogP contribution < -0.4 is 24.4 Å². The van der Waals surface area contributed by atoms with E-state index in [1.165, 1.54) is 0 Å². The van der Waals surface area contributed by atoms with Crippen LogP contribution in [0, 0.1) is 0 Å². The standard InChI is InChI=1S/C23H29N3O4/c1-3-28-20-7-5-4-6-19(20)26-12-10-25(11-13-26)15-23(27)24-17(2)18-8-9-21-22(14-18)30-16-29-21/h4-9,14,17H,3,10-13,15-16H2,1-2H3,(H,24,27)/t17-/m1/s1. The van der Waals surface area contributed by atoms with E-state index in [0.29, 0.717) is 13.2 Å². The van der Waals surface area contributed by atoms with Crippen LogP contribution in [0.4, 0.5) is 5.69 Å². The van der Waals surface area contributed by atoms with Gasteiger partial charge in [0, 0.05) is 26.2 Å². The Morgan fingerprint density at radius 2 is 1.87 bits per heavy atom. The molecule has 2 heterocycles. The van der Waals surface area contributed by atoms with Crippen molar-refractivity contribution in [1.82, 2.24) is 10.2 Å². The molecule has 0 radical (unpaired) electrons. The van der Waals surface area contributed by atoms with Crippen LogP contribution in [0.1, 0.15) is 25.5 Å². The van der Waals surface area contributed by atoms with Gasteiger partial charge in [-0.3, -0.25) is 9.69 Å². The second-order valence-electron chi connectivity index (χ2n) is 7.57. The molecule has 30 heavy (non-hydrogen) atoms. The summed E-state index contributed by atoms with van der Waals surface area (Å²) in [5.41, 5.74) is 2.13. The largest absolute Gasteiger partial charge is 0.492 e. The maximum atomic E-state index is 12.6. The number of carbonyl (C=O) groups excluding carboxylic acids is 1. The van der Waals surface area contributed by atoms with Gasteiger partial charge in [-0.05, 0) is 43.7 Å². The van der Waals surface area contributed by atoms with E-state index in [0.717, 1.165) is 54.7 Å². The number of fused-ring (bicyclic) bond motifs is 1. The predicted molar refractivity (Wildman–Crippen MR) is 115 cm³/mol.